The average molecular weight is 258 g/mol. The molecule has 0 radical (unpaired) electrons. The number of rotatable bonds is 4. The van der Waals surface area contributed by atoms with Crippen LogP contribution in [-0.2, 0) is 4.74 Å². The van der Waals surface area contributed by atoms with Crippen molar-refractivity contribution in [3.8, 4) is 0 Å². The number of hydrogen-bond acceptors (Lipinski definition) is 2. The lowest BCUT2D eigenvalue weighted by Crippen LogP contribution is -2.21. The van der Waals surface area contributed by atoms with E-state index in [9.17, 15) is 0 Å². The third-order valence-electron chi connectivity index (χ3n) is 2.28. The van der Waals surface area contributed by atoms with Gasteiger partial charge in [0.1, 0.15) is 0 Å². The minimum absolute atomic E-state index is 0.245. The molecule has 2 nitrogen and oxygen atoms in total. The number of halogens is 1. The highest BCUT2D eigenvalue weighted by molar-refractivity contribution is 9.10. The molecule has 1 rings (SSSR count). The zero-order valence-corrected chi connectivity index (χ0v) is 10.4. The maximum Gasteiger partial charge on any atom is 0.0658 e. The number of likely N-dealkylation sites (N-methyl/N-ethyl adjacent to an activating group) is 1. The van der Waals surface area contributed by atoms with Gasteiger partial charge in [-0.3, -0.25) is 0 Å². The fourth-order valence-corrected chi connectivity index (χ4v) is 1.98. The summed E-state index contributed by atoms with van der Waals surface area (Å²) in [6.07, 6.45) is 0. The number of nitrogens with one attached hydrogen (secondary N) is 1. The molecular weight excluding hydrogens is 242 g/mol. The number of hydrogen-bond donors (Lipinski definition) is 1. The summed E-state index contributed by atoms with van der Waals surface area (Å²) in [5, 5.41) is 3.23. The van der Waals surface area contributed by atoms with Gasteiger partial charge in [-0.2, -0.15) is 0 Å². The maximum atomic E-state index is 5.16. The van der Waals surface area contributed by atoms with Crippen LogP contribution >= 0.6 is 15.9 Å². The van der Waals surface area contributed by atoms with Crippen molar-refractivity contribution in [2.75, 3.05) is 20.8 Å². The zero-order valence-electron chi connectivity index (χ0n) is 8.80. The van der Waals surface area contributed by atoms with E-state index in [1.54, 1.807) is 7.11 Å². The molecule has 78 valence electrons. The van der Waals surface area contributed by atoms with Gasteiger partial charge in [-0.05, 0) is 25.1 Å². The van der Waals surface area contributed by atoms with E-state index in [0.29, 0.717) is 6.61 Å². The van der Waals surface area contributed by atoms with Gasteiger partial charge in [0.25, 0.3) is 0 Å². The van der Waals surface area contributed by atoms with E-state index in [-0.39, 0.29) is 6.04 Å². The first kappa shape index (κ1) is 11.7. The topological polar surface area (TPSA) is 21.3 Å². The van der Waals surface area contributed by atoms with Crippen molar-refractivity contribution in [1.29, 1.82) is 0 Å². The third-order valence-corrected chi connectivity index (χ3v) is 3.36. The van der Waals surface area contributed by atoms with E-state index in [1.807, 2.05) is 7.05 Å². The summed E-state index contributed by atoms with van der Waals surface area (Å²) in [4.78, 5) is 0. The van der Waals surface area contributed by atoms with Crippen molar-refractivity contribution in [3.63, 3.8) is 0 Å². The van der Waals surface area contributed by atoms with E-state index < -0.39 is 0 Å². The minimum atomic E-state index is 0.245. The van der Waals surface area contributed by atoms with Crippen molar-refractivity contribution in [1.82, 2.24) is 5.32 Å². The standard InChI is InChI=1S/C11H16BrNO/c1-8-5-4-6-9(11(8)12)10(13-2)7-14-3/h4-6,10,13H,7H2,1-3H3. The maximum absolute atomic E-state index is 5.16. The average Bonchev–Trinajstić information content (AvgIpc) is 2.19. The largest absolute Gasteiger partial charge is 0.383 e. The zero-order chi connectivity index (χ0) is 10.6. The molecule has 0 aromatic heterocycles. The van der Waals surface area contributed by atoms with Crippen LogP contribution < -0.4 is 5.32 Å². The summed E-state index contributed by atoms with van der Waals surface area (Å²) < 4.78 is 6.32. The monoisotopic (exact) mass is 257 g/mol. The van der Waals surface area contributed by atoms with Crippen LogP contribution in [0.15, 0.2) is 22.7 Å². The Balaban J connectivity index is 2.97. The number of ether oxygens (including phenoxy) is 1. The van der Waals surface area contributed by atoms with E-state index >= 15 is 0 Å². The van der Waals surface area contributed by atoms with E-state index in [2.05, 4.69) is 46.4 Å². The number of methoxy groups -OCH3 is 1. The van der Waals surface area contributed by atoms with Crippen LogP contribution in [0, 0.1) is 6.92 Å². The fraction of sp³-hybridized carbons (Fsp3) is 0.455. The van der Waals surface area contributed by atoms with E-state index in [4.69, 9.17) is 4.74 Å². The Hall–Kier alpha value is -0.380. The molecule has 0 aliphatic heterocycles. The molecule has 0 aliphatic carbocycles. The normalized spacial score (nSPS) is 12.9. The highest BCUT2D eigenvalue weighted by Crippen LogP contribution is 2.26. The first-order valence-corrected chi connectivity index (χ1v) is 5.41. The Labute approximate surface area is 93.8 Å². The quantitative estimate of drug-likeness (QED) is 0.896. The van der Waals surface area contributed by atoms with Crippen molar-refractivity contribution < 1.29 is 4.74 Å². The van der Waals surface area contributed by atoms with Gasteiger partial charge in [-0.15, -0.1) is 0 Å². The molecule has 1 N–H and O–H groups in total. The predicted octanol–water partition coefficient (Wildman–Crippen LogP) is 2.66. The summed E-state index contributed by atoms with van der Waals surface area (Å²) >= 11 is 3.60. The van der Waals surface area contributed by atoms with Crippen LogP contribution in [0.25, 0.3) is 0 Å². The molecule has 0 saturated heterocycles. The van der Waals surface area contributed by atoms with Crippen LogP contribution in [0.4, 0.5) is 0 Å². The van der Waals surface area contributed by atoms with Gasteiger partial charge < -0.3 is 10.1 Å². The van der Waals surface area contributed by atoms with E-state index in [1.165, 1.54) is 11.1 Å². The molecule has 0 saturated carbocycles. The molecule has 1 unspecified atom stereocenters. The third kappa shape index (κ3) is 2.56. The highest BCUT2D eigenvalue weighted by atomic mass is 79.9. The van der Waals surface area contributed by atoms with Crippen LogP contribution in [0.3, 0.4) is 0 Å². The Kier molecular flexibility index (Phi) is 4.58. The molecule has 0 fully saturated rings. The Morgan fingerprint density at radius 1 is 1.50 bits per heavy atom. The molecular formula is C11H16BrNO. The van der Waals surface area contributed by atoms with Crippen molar-refractivity contribution in [3.05, 3.63) is 33.8 Å². The molecule has 0 aliphatic rings. The second kappa shape index (κ2) is 5.49. The lowest BCUT2D eigenvalue weighted by atomic mass is 10.1. The molecule has 3 heteroatoms. The van der Waals surface area contributed by atoms with Crippen molar-refractivity contribution in [2.45, 2.75) is 13.0 Å². The van der Waals surface area contributed by atoms with Gasteiger partial charge in [0.05, 0.1) is 12.6 Å². The van der Waals surface area contributed by atoms with Crippen molar-refractivity contribution in [2.24, 2.45) is 0 Å². The number of benzene rings is 1. The van der Waals surface area contributed by atoms with Crippen molar-refractivity contribution >= 4 is 15.9 Å². The molecule has 1 aromatic rings. The molecule has 0 bridgehead atoms. The predicted molar refractivity (Wildman–Crippen MR) is 62.6 cm³/mol. The summed E-state index contributed by atoms with van der Waals surface area (Å²) in [5.74, 6) is 0. The fourth-order valence-electron chi connectivity index (χ4n) is 1.43. The van der Waals surface area contributed by atoms with E-state index in [0.717, 1.165) is 4.47 Å². The Bertz CT molecular complexity index is 301. The molecule has 0 heterocycles. The lowest BCUT2D eigenvalue weighted by molar-refractivity contribution is 0.170. The molecule has 1 aromatic carbocycles. The van der Waals surface area contributed by atoms with Gasteiger partial charge in [0.15, 0.2) is 0 Å². The van der Waals surface area contributed by atoms with Gasteiger partial charge in [-0.1, -0.05) is 34.1 Å². The minimum Gasteiger partial charge on any atom is -0.383 e. The first-order chi connectivity index (χ1) is 6.70. The van der Waals surface area contributed by atoms with Gasteiger partial charge in [0, 0.05) is 11.6 Å². The van der Waals surface area contributed by atoms with Crippen LogP contribution in [0.1, 0.15) is 17.2 Å². The molecule has 0 amide bonds. The summed E-state index contributed by atoms with van der Waals surface area (Å²) in [5.41, 5.74) is 2.49. The summed E-state index contributed by atoms with van der Waals surface area (Å²) in [6.45, 7) is 2.77. The van der Waals surface area contributed by atoms with Crippen LogP contribution in [0.5, 0.6) is 0 Å². The first-order valence-electron chi connectivity index (χ1n) is 4.62. The summed E-state index contributed by atoms with van der Waals surface area (Å²) in [7, 11) is 3.66. The molecule has 14 heavy (non-hydrogen) atoms. The van der Waals surface area contributed by atoms with Gasteiger partial charge >= 0.3 is 0 Å². The smallest absolute Gasteiger partial charge is 0.0658 e. The highest BCUT2D eigenvalue weighted by Gasteiger charge is 2.12. The Morgan fingerprint density at radius 3 is 2.79 bits per heavy atom. The molecule has 0 spiro atoms. The summed E-state index contributed by atoms with van der Waals surface area (Å²) in [6, 6.07) is 6.51. The van der Waals surface area contributed by atoms with Gasteiger partial charge in [-0.25, -0.2) is 0 Å². The second-order valence-electron chi connectivity index (χ2n) is 3.27. The molecule has 1 atom stereocenters. The number of aryl methyl sites for hydroxylation is 1. The Morgan fingerprint density at radius 2 is 2.21 bits per heavy atom. The second-order valence-corrected chi connectivity index (χ2v) is 4.07. The van der Waals surface area contributed by atoms with Crippen LogP contribution in [0.2, 0.25) is 0 Å². The lowest BCUT2D eigenvalue weighted by Gasteiger charge is -2.18. The van der Waals surface area contributed by atoms with Gasteiger partial charge in [0.2, 0.25) is 0 Å². The SMILES string of the molecule is CNC(COC)c1cccc(C)c1Br. The van der Waals surface area contributed by atoms with Crippen LogP contribution in [-0.4, -0.2) is 20.8 Å².